The first-order valence-electron chi connectivity index (χ1n) is 14.2. The van der Waals surface area contributed by atoms with Gasteiger partial charge in [0.2, 0.25) is 0 Å². The third-order valence-corrected chi connectivity index (χ3v) is 8.73. The lowest BCUT2D eigenvalue weighted by Gasteiger charge is -2.43. The number of unbranched alkanes of at least 4 members (excludes halogenated alkanes) is 1. The van der Waals surface area contributed by atoms with Crippen LogP contribution in [0.2, 0.25) is 0 Å². The van der Waals surface area contributed by atoms with Gasteiger partial charge < -0.3 is 10.8 Å². The van der Waals surface area contributed by atoms with Crippen LogP contribution in [-0.4, -0.2) is 40.1 Å². The van der Waals surface area contributed by atoms with Crippen LogP contribution >= 0.6 is 0 Å². The molecule has 4 atom stereocenters. The second-order valence-electron chi connectivity index (χ2n) is 11.3. The number of primary amides is 1. The number of amides is 2. The van der Waals surface area contributed by atoms with Gasteiger partial charge in [0, 0.05) is 17.5 Å². The molecule has 1 heterocycles. The first-order valence-corrected chi connectivity index (χ1v) is 14.2. The summed E-state index contributed by atoms with van der Waals surface area (Å²) in [5.41, 5.74) is 8.08. The van der Waals surface area contributed by atoms with Crippen molar-refractivity contribution in [1.82, 2.24) is 0 Å². The minimum atomic E-state index is -0.842. The van der Waals surface area contributed by atoms with Gasteiger partial charge in [0.25, 0.3) is 5.91 Å². The molecule has 0 bridgehead atoms. The molecule has 1 unspecified atom stereocenters. The second kappa shape index (κ2) is 12.6. The van der Waals surface area contributed by atoms with Gasteiger partial charge in [0.1, 0.15) is 18.7 Å². The Kier molecular flexibility index (Phi) is 9.19. The van der Waals surface area contributed by atoms with Crippen molar-refractivity contribution < 1.29 is 19.2 Å². The van der Waals surface area contributed by atoms with E-state index in [0.29, 0.717) is 19.3 Å². The van der Waals surface area contributed by atoms with Gasteiger partial charge in [-0.3, -0.25) is 4.79 Å². The number of aliphatic hydroxyl groups excluding tert-OH is 1. The zero-order chi connectivity index (χ0) is 28.8. The lowest BCUT2D eigenvalue weighted by Crippen LogP contribution is -2.62. The Hall–Kier alpha value is -3.79. The summed E-state index contributed by atoms with van der Waals surface area (Å²) in [6, 6.07) is 30.5. The maximum atomic E-state index is 14.4. The Morgan fingerprint density at radius 1 is 0.950 bits per heavy atom. The molecule has 3 aromatic rings. The molecule has 2 amide bonds. The van der Waals surface area contributed by atoms with Crippen molar-refractivity contribution >= 4 is 11.8 Å². The normalized spacial score (nSPS) is 22.1. The fourth-order valence-corrected chi connectivity index (χ4v) is 6.68. The van der Waals surface area contributed by atoms with Crippen molar-refractivity contribution in [2.24, 2.45) is 11.7 Å². The molecule has 0 aromatic heterocycles. The number of nitriles is 1. The fraction of sp³-hybridized carbons (Fsp3) is 0.382. The van der Waals surface area contributed by atoms with Gasteiger partial charge in [0.15, 0.2) is 6.04 Å². The molecule has 6 heteroatoms. The molecule has 1 fully saturated rings. The molecule has 4 rings (SSSR count). The Bertz CT molecular complexity index is 1280. The van der Waals surface area contributed by atoms with Crippen LogP contribution in [0.25, 0.3) is 0 Å². The molecule has 0 saturated carbocycles. The lowest BCUT2D eigenvalue weighted by atomic mass is 9.69. The summed E-state index contributed by atoms with van der Waals surface area (Å²) in [5.74, 6) is -0.582. The van der Waals surface area contributed by atoms with E-state index < -0.39 is 29.5 Å². The molecular weight excluding hydrogens is 498 g/mol. The molecule has 40 heavy (non-hydrogen) atoms. The predicted molar refractivity (Wildman–Crippen MR) is 156 cm³/mol. The van der Waals surface area contributed by atoms with Crippen molar-refractivity contribution in [3.05, 3.63) is 108 Å². The monoisotopic (exact) mass is 538 g/mol. The molecule has 208 valence electrons. The second-order valence-corrected chi connectivity index (χ2v) is 11.3. The molecule has 3 N–H and O–H groups in total. The Labute approximate surface area is 237 Å². The van der Waals surface area contributed by atoms with Crippen LogP contribution < -0.4 is 5.73 Å². The van der Waals surface area contributed by atoms with E-state index in [-0.39, 0.29) is 35.7 Å². The minimum Gasteiger partial charge on any atom is -0.387 e. The number of benzene rings is 3. The van der Waals surface area contributed by atoms with E-state index in [1.54, 1.807) is 0 Å². The van der Waals surface area contributed by atoms with E-state index >= 15 is 0 Å². The highest BCUT2D eigenvalue weighted by molar-refractivity contribution is 5.83. The summed E-state index contributed by atoms with van der Waals surface area (Å²) in [4.78, 5) is 27.3. The first-order chi connectivity index (χ1) is 19.3. The maximum Gasteiger partial charge on any atom is 0.315 e. The molecule has 1 aliphatic rings. The summed E-state index contributed by atoms with van der Waals surface area (Å²) >= 11 is 0. The Morgan fingerprint density at radius 2 is 1.48 bits per heavy atom. The van der Waals surface area contributed by atoms with Crippen LogP contribution in [0.15, 0.2) is 91.0 Å². The number of rotatable bonds is 11. The van der Waals surface area contributed by atoms with E-state index in [9.17, 15) is 20.0 Å². The molecule has 0 radical (unpaired) electrons. The average molecular weight is 539 g/mol. The van der Waals surface area contributed by atoms with Crippen LogP contribution in [-0.2, 0) is 15.0 Å². The van der Waals surface area contributed by atoms with Crippen molar-refractivity contribution in [2.75, 3.05) is 6.54 Å². The van der Waals surface area contributed by atoms with Crippen molar-refractivity contribution in [3.8, 4) is 6.07 Å². The number of carbonyl (C=O) groups is 2. The van der Waals surface area contributed by atoms with Gasteiger partial charge in [-0.15, -0.1) is 0 Å². The SMILES string of the molecule is CC(C)[C@@](C#N)(CCCCC(=O)[N@@+]1(C(c2ccccc2)c2ccccc2)C[C@H](O)CC1C(N)=O)c1ccccc1. The number of nitrogens with zero attached hydrogens (tertiary/aromatic N) is 2. The third-order valence-electron chi connectivity index (χ3n) is 8.73. The van der Waals surface area contributed by atoms with E-state index in [4.69, 9.17) is 5.73 Å². The minimum absolute atomic E-state index is 0.0995. The largest absolute Gasteiger partial charge is 0.387 e. The Morgan fingerprint density at radius 3 is 1.95 bits per heavy atom. The summed E-state index contributed by atoms with van der Waals surface area (Å²) < 4.78 is -0.225. The van der Waals surface area contributed by atoms with E-state index in [2.05, 4.69) is 19.9 Å². The highest BCUT2D eigenvalue weighted by atomic mass is 16.3. The maximum absolute atomic E-state index is 14.4. The number of hydrogen-bond acceptors (Lipinski definition) is 4. The highest BCUT2D eigenvalue weighted by Gasteiger charge is 2.59. The average Bonchev–Trinajstić information content (AvgIpc) is 3.32. The topological polar surface area (TPSA) is 104 Å². The van der Waals surface area contributed by atoms with E-state index in [1.165, 1.54) is 0 Å². The van der Waals surface area contributed by atoms with Gasteiger partial charge >= 0.3 is 5.91 Å². The number of nitrogens with two attached hydrogens (primary N) is 1. The zero-order valence-corrected chi connectivity index (χ0v) is 23.4. The number of carbonyl (C=O) groups excluding carboxylic acids is 2. The number of likely N-dealkylation sites (tertiary alicyclic amines) is 1. The van der Waals surface area contributed by atoms with E-state index in [1.807, 2.05) is 91.0 Å². The van der Waals surface area contributed by atoms with Crippen LogP contribution in [0.4, 0.5) is 0 Å². The number of aliphatic hydroxyl groups is 1. The smallest absolute Gasteiger partial charge is 0.315 e. The van der Waals surface area contributed by atoms with Gasteiger partial charge in [0.05, 0.1) is 17.9 Å². The summed E-state index contributed by atoms with van der Waals surface area (Å²) in [6.07, 6.45) is 1.43. The van der Waals surface area contributed by atoms with Gasteiger partial charge in [-0.2, -0.15) is 5.26 Å². The highest BCUT2D eigenvalue weighted by Crippen LogP contribution is 2.44. The van der Waals surface area contributed by atoms with Gasteiger partial charge in [-0.25, -0.2) is 9.28 Å². The van der Waals surface area contributed by atoms with Crippen molar-refractivity contribution in [3.63, 3.8) is 0 Å². The number of quaternary nitrogens is 1. The zero-order valence-electron chi connectivity index (χ0n) is 23.4. The first kappa shape index (κ1) is 29.2. The Balaban J connectivity index is 1.66. The molecule has 0 aliphatic carbocycles. The van der Waals surface area contributed by atoms with Crippen LogP contribution in [0.1, 0.15) is 68.7 Å². The van der Waals surface area contributed by atoms with Gasteiger partial charge in [-0.05, 0) is 24.3 Å². The van der Waals surface area contributed by atoms with Gasteiger partial charge in [-0.1, -0.05) is 111 Å². The van der Waals surface area contributed by atoms with Crippen LogP contribution in [0.3, 0.4) is 0 Å². The molecule has 6 nitrogen and oxygen atoms in total. The van der Waals surface area contributed by atoms with Crippen LogP contribution in [0, 0.1) is 17.2 Å². The molecular formula is C34H40N3O3+. The lowest BCUT2D eigenvalue weighted by molar-refractivity contribution is -0.884. The fourth-order valence-electron chi connectivity index (χ4n) is 6.68. The third kappa shape index (κ3) is 5.58. The van der Waals surface area contributed by atoms with Crippen LogP contribution in [0.5, 0.6) is 0 Å². The summed E-state index contributed by atoms with van der Waals surface area (Å²) in [5, 5.41) is 21.1. The predicted octanol–water partition coefficient (Wildman–Crippen LogP) is 5.42. The molecule has 3 aromatic carbocycles. The quantitative estimate of drug-likeness (QED) is 0.251. The molecule has 1 aliphatic heterocycles. The van der Waals surface area contributed by atoms with E-state index in [0.717, 1.165) is 16.7 Å². The molecule has 0 spiro atoms. The summed E-state index contributed by atoms with van der Waals surface area (Å²) in [6.45, 7) is 4.25. The van der Waals surface area contributed by atoms with Crippen molar-refractivity contribution in [1.29, 1.82) is 5.26 Å². The molecule has 1 saturated heterocycles. The van der Waals surface area contributed by atoms with Crippen molar-refractivity contribution in [2.45, 2.75) is 69.6 Å². The summed E-state index contributed by atoms with van der Waals surface area (Å²) in [7, 11) is 0. The number of hydrogen-bond donors (Lipinski definition) is 2. The standard InChI is InChI=1S/C34H39N3O3/c1-25(2)34(24-35,28-18-10-5-11-19-28)21-13-12-20-31(39)37(23-29(38)22-30(37)33(36)40)32(26-14-6-3-7-15-26)27-16-8-4-9-17-27/h3-11,14-19,25,29-30,32,38H,12-13,20-23H2,1-2H3,(H-,36,40)/p+1/t29-,30?,34+,37-/m1/s1.